The van der Waals surface area contributed by atoms with Gasteiger partial charge in [-0.2, -0.15) is 0 Å². The molecule has 0 atom stereocenters. The van der Waals surface area contributed by atoms with Crippen LogP contribution >= 0.6 is 23.4 Å². The number of thioether (sulfide) groups is 1. The number of carbonyl (C=O) groups excluding carboxylic acids is 1. The Kier molecular flexibility index (Phi) is 6.53. The monoisotopic (exact) mass is 456 g/mol. The molecule has 6 nitrogen and oxygen atoms in total. The summed E-state index contributed by atoms with van der Waals surface area (Å²) in [5, 5.41) is 4.63. The van der Waals surface area contributed by atoms with Crippen LogP contribution in [0.2, 0.25) is 5.02 Å². The zero-order valence-electron chi connectivity index (χ0n) is 17.6. The number of hydrogen-bond acceptors (Lipinski definition) is 5. The van der Waals surface area contributed by atoms with Gasteiger partial charge < -0.3 is 15.0 Å². The van der Waals surface area contributed by atoms with E-state index in [1.165, 1.54) is 0 Å². The molecule has 1 saturated heterocycles. The molecule has 1 N–H and O–H groups in total. The lowest BCUT2D eigenvalue weighted by molar-refractivity contribution is 0.175. The number of piperidine rings is 1. The van der Waals surface area contributed by atoms with Gasteiger partial charge in [0.1, 0.15) is 10.8 Å². The molecular formula is C23H25ClN4O2S. The third-order valence-electron chi connectivity index (χ3n) is 5.42. The van der Waals surface area contributed by atoms with E-state index < -0.39 is 5.66 Å². The number of likely N-dealkylation sites (tertiary alicyclic amines) is 1. The highest BCUT2D eigenvalue weighted by Crippen LogP contribution is 2.36. The largest absolute Gasteiger partial charge is 0.497 e. The second-order valence-electron chi connectivity index (χ2n) is 7.45. The minimum Gasteiger partial charge on any atom is -0.497 e. The SMILES string of the molecule is CCSC1=NC2(CCN(C(=O)Nc3ccc(OC)cc3)CC2)N=C1c1ccc(Cl)cc1. The summed E-state index contributed by atoms with van der Waals surface area (Å²) in [4.78, 5) is 24.6. The highest BCUT2D eigenvalue weighted by Gasteiger charge is 2.40. The molecule has 162 valence electrons. The van der Waals surface area contributed by atoms with Crippen molar-refractivity contribution in [3.05, 3.63) is 59.1 Å². The van der Waals surface area contributed by atoms with Crippen LogP contribution in [-0.4, -0.2) is 53.3 Å². The number of nitrogens with one attached hydrogen (secondary N) is 1. The topological polar surface area (TPSA) is 66.3 Å². The molecule has 0 aromatic heterocycles. The molecule has 1 fully saturated rings. The summed E-state index contributed by atoms with van der Waals surface area (Å²) in [6.07, 6.45) is 1.40. The molecule has 2 aliphatic heterocycles. The molecule has 4 rings (SSSR count). The Morgan fingerprint density at radius 1 is 1.13 bits per heavy atom. The van der Waals surface area contributed by atoms with E-state index in [0.29, 0.717) is 31.0 Å². The number of aliphatic imine (C=N–C) groups is 2. The maximum Gasteiger partial charge on any atom is 0.321 e. The van der Waals surface area contributed by atoms with Gasteiger partial charge in [0.2, 0.25) is 0 Å². The van der Waals surface area contributed by atoms with Gasteiger partial charge in [-0.25, -0.2) is 9.79 Å². The van der Waals surface area contributed by atoms with Gasteiger partial charge in [0.05, 0.1) is 12.8 Å². The molecule has 0 radical (unpaired) electrons. The van der Waals surface area contributed by atoms with Crippen molar-refractivity contribution >= 4 is 45.8 Å². The second-order valence-corrected chi connectivity index (χ2v) is 9.13. The minimum absolute atomic E-state index is 0.105. The fraction of sp³-hybridized carbons (Fsp3) is 0.348. The zero-order valence-corrected chi connectivity index (χ0v) is 19.2. The number of urea groups is 1. The van der Waals surface area contributed by atoms with Crippen molar-refractivity contribution in [3.63, 3.8) is 0 Å². The molecule has 0 bridgehead atoms. The molecule has 0 aliphatic carbocycles. The number of methoxy groups -OCH3 is 1. The quantitative estimate of drug-likeness (QED) is 0.676. The van der Waals surface area contributed by atoms with E-state index >= 15 is 0 Å². The lowest BCUT2D eigenvalue weighted by Gasteiger charge is -2.35. The number of halogens is 1. The van der Waals surface area contributed by atoms with Crippen molar-refractivity contribution in [1.29, 1.82) is 0 Å². The Balaban J connectivity index is 1.44. The zero-order chi connectivity index (χ0) is 21.8. The number of anilines is 1. The second kappa shape index (κ2) is 9.32. The van der Waals surface area contributed by atoms with E-state index in [1.54, 1.807) is 18.9 Å². The summed E-state index contributed by atoms with van der Waals surface area (Å²) in [6.45, 7) is 3.32. The Morgan fingerprint density at radius 2 is 1.81 bits per heavy atom. The number of ether oxygens (including phenoxy) is 1. The Bertz CT molecular complexity index is 997. The predicted octanol–water partition coefficient (Wildman–Crippen LogP) is 5.33. The van der Waals surface area contributed by atoms with Gasteiger partial charge in [0, 0.05) is 42.2 Å². The van der Waals surface area contributed by atoms with Crippen LogP contribution in [0.5, 0.6) is 5.75 Å². The third kappa shape index (κ3) is 4.88. The lowest BCUT2D eigenvalue weighted by atomic mass is 9.98. The standard InChI is InChI=1S/C23H25ClN4O2S/c1-3-31-21-20(16-4-6-17(24)7-5-16)26-23(27-21)12-14-28(15-13-23)22(29)25-18-8-10-19(30-2)11-9-18/h4-11H,3,12-15H2,1-2H3,(H,25,29). The van der Waals surface area contributed by atoms with Crippen LogP contribution in [0.3, 0.4) is 0 Å². The van der Waals surface area contributed by atoms with Crippen molar-refractivity contribution in [2.24, 2.45) is 9.98 Å². The molecular weight excluding hydrogens is 432 g/mol. The first-order valence-corrected chi connectivity index (χ1v) is 11.7. The van der Waals surface area contributed by atoms with Gasteiger partial charge in [-0.15, -0.1) is 11.8 Å². The number of carbonyl (C=O) groups is 1. The van der Waals surface area contributed by atoms with Gasteiger partial charge in [-0.05, 0) is 42.2 Å². The van der Waals surface area contributed by atoms with Gasteiger partial charge in [-0.3, -0.25) is 4.99 Å². The van der Waals surface area contributed by atoms with Gasteiger partial charge in [0.25, 0.3) is 0 Å². The normalized spacial score (nSPS) is 17.3. The molecule has 2 heterocycles. The van der Waals surface area contributed by atoms with Gasteiger partial charge in [0.15, 0.2) is 5.66 Å². The summed E-state index contributed by atoms with van der Waals surface area (Å²) in [5.74, 6) is 1.69. The summed E-state index contributed by atoms with van der Waals surface area (Å²) < 4.78 is 5.16. The maximum absolute atomic E-state index is 12.7. The highest BCUT2D eigenvalue weighted by molar-refractivity contribution is 8.15. The number of hydrogen-bond donors (Lipinski definition) is 1. The van der Waals surface area contributed by atoms with Crippen molar-refractivity contribution in [3.8, 4) is 5.75 Å². The van der Waals surface area contributed by atoms with Crippen LogP contribution in [0.15, 0.2) is 58.5 Å². The molecule has 2 aliphatic rings. The first-order chi connectivity index (χ1) is 15.0. The smallest absolute Gasteiger partial charge is 0.321 e. The van der Waals surface area contributed by atoms with E-state index in [-0.39, 0.29) is 6.03 Å². The van der Waals surface area contributed by atoms with Crippen molar-refractivity contribution < 1.29 is 9.53 Å². The molecule has 1 spiro atoms. The fourth-order valence-corrected chi connectivity index (χ4v) is 4.66. The first kappa shape index (κ1) is 21.7. The summed E-state index contributed by atoms with van der Waals surface area (Å²) >= 11 is 7.76. The highest BCUT2D eigenvalue weighted by atomic mass is 35.5. The summed E-state index contributed by atoms with van der Waals surface area (Å²) in [5.41, 5.74) is 2.22. The average molecular weight is 457 g/mol. The van der Waals surface area contributed by atoms with E-state index in [2.05, 4.69) is 12.2 Å². The van der Waals surface area contributed by atoms with Crippen LogP contribution in [0.25, 0.3) is 0 Å². The molecule has 31 heavy (non-hydrogen) atoms. The minimum atomic E-state index is -0.483. The number of rotatable bonds is 4. The van der Waals surface area contributed by atoms with E-state index in [9.17, 15) is 4.79 Å². The van der Waals surface area contributed by atoms with E-state index in [0.717, 1.165) is 33.5 Å². The maximum atomic E-state index is 12.7. The number of amides is 2. The Labute approximate surface area is 191 Å². The molecule has 0 unspecified atom stereocenters. The van der Waals surface area contributed by atoms with Crippen LogP contribution < -0.4 is 10.1 Å². The molecule has 0 saturated carbocycles. The van der Waals surface area contributed by atoms with Crippen molar-refractivity contribution in [1.82, 2.24) is 4.90 Å². The molecule has 2 aromatic carbocycles. The average Bonchev–Trinajstić information content (AvgIpc) is 3.13. The van der Waals surface area contributed by atoms with Gasteiger partial charge >= 0.3 is 6.03 Å². The summed E-state index contributed by atoms with van der Waals surface area (Å²) in [7, 11) is 1.62. The van der Waals surface area contributed by atoms with Crippen LogP contribution in [0.1, 0.15) is 25.3 Å². The third-order valence-corrected chi connectivity index (χ3v) is 6.52. The van der Waals surface area contributed by atoms with Crippen LogP contribution in [0.4, 0.5) is 10.5 Å². The predicted molar refractivity (Wildman–Crippen MR) is 129 cm³/mol. The molecule has 2 amide bonds. The Hall–Kier alpha value is -2.51. The first-order valence-electron chi connectivity index (χ1n) is 10.3. The molecule has 2 aromatic rings. The van der Waals surface area contributed by atoms with Gasteiger partial charge in [-0.1, -0.05) is 30.7 Å². The molecule has 8 heteroatoms. The summed E-state index contributed by atoms with van der Waals surface area (Å²) in [6, 6.07) is 15.0. The Morgan fingerprint density at radius 3 is 2.42 bits per heavy atom. The fourth-order valence-electron chi connectivity index (χ4n) is 3.72. The van der Waals surface area contributed by atoms with E-state index in [4.69, 9.17) is 26.3 Å². The van der Waals surface area contributed by atoms with E-state index in [1.807, 2.05) is 53.4 Å². The van der Waals surface area contributed by atoms with Crippen LogP contribution in [-0.2, 0) is 0 Å². The van der Waals surface area contributed by atoms with Crippen molar-refractivity contribution in [2.75, 3.05) is 31.3 Å². The van der Waals surface area contributed by atoms with Crippen molar-refractivity contribution in [2.45, 2.75) is 25.4 Å². The number of benzene rings is 2. The van der Waals surface area contributed by atoms with Crippen LogP contribution in [0, 0.1) is 0 Å². The number of nitrogens with zero attached hydrogens (tertiary/aromatic N) is 3. The lowest BCUT2D eigenvalue weighted by Crippen LogP contribution is -2.46.